The largest absolute Gasteiger partial charge is 0.435 e. The molecule has 0 aromatic carbocycles. The molecule has 0 bridgehead atoms. The lowest BCUT2D eigenvalue weighted by molar-refractivity contribution is -0.141. The van der Waals surface area contributed by atoms with E-state index in [1.165, 1.54) is 44.1 Å². The van der Waals surface area contributed by atoms with Crippen molar-refractivity contribution in [2.75, 3.05) is 19.1 Å². The number of hydrogen-bond donors (Lipinski definition) is 1. The normalized spacial score (nSPS) is 14.5. The van der Waals surface area contributed by atoms with Crippen molar-refractivity contribution in [3.8, 4) is 11.5 Å². The van der Waals surface area contributed by atoms with Crippen molar-refractivity contribution in [1.29, 1.82) is 0 Å². The number of halogens is 3. The van der Waals surface area contributed by atoms with Crippen LogP contribution in [-0.2, 0) is 33.0 Å². The highest BCUT2D eigenvalue weighted by atomic mass is 32.2. The number of imidazole rings is 1. The predicted molar refractivity (Wildman–Crippen MR) is 107 cm³/mol. The number of rotatable bonds is 5. The Hall–Kier alpha value is -2.65. The van der Waals surface area contributed by atoms with E-state index in [-0.39, 0.29) is 39.0 Å². The zero-order valence-corrected chi connectivity index (χ0v) is 18.4. The topological polar surface area (TPSA) is 132 Å². The van der Waals surface area contributed by atoms with Gasteiger partial charge in [-0.15, -0.1) is 10.2 Å². The molecular formula is C16H18F3N7O3S2. The molecule has 15 heteroatoms. The standard InChI is InChI=1S/C16H18F3N7O3S2/c1-5-31(28,29)11-6-9(25-30(4,27)20-2)8-21-13(11)15-22-10-7-12(16(17,18)19)23-24-14(10)26(15)3/h6-8H,5H2,1-4H3,(H,20,25,27). The Morgan fingerprint density at radius 3 is 2.45 bits per heavy atom. The molecule has 0 spiro atoms. The summed E-state index contributed by atoms with van der Waals surface area (Å²) in [5.74, 6) is -0.297. The summed E-state index contributed by atoms with van der Waals surface area (Å²) in [4.78, 5) is 8.00. The first-order valence-electron chi connectivity index (χ1n) is 8.70. The van der Waals surface area contributed by atoms with Crippen molar-refractivity contribution >= 4 is 36.6 Å². The van der Waals surface area contributed by atoms with Crippen molar-refractivity contribution in [3.63, 3.8) is 0 Å². The maximum absolute atomic E-state index is 13.0. The van der Waals surface area contributed by atoms with Crippen LogP contribution in [0.15, 0.2) is 27.6 Å². The molecule has 3 rings (SSSR count). The van der Waals surface area contributed by atoms with Gasteiger partial charge in [-0.25, -0.2) is 27.3 Å². The first-order chi connectivity index (χ1) is 14.3. The molecule has 3 aromatic rings. The SMILES string of the molecule is CCS(=O)(=O)c1cc(N=S(C)(=O)NC)cnc1-c1nc2cc(C(F)(F)F)nnc2n1C. The van der Waals surface area contributed by atoms with E-state index in [4.69, 9.17) is 0 Å². The zero-order chi connectivity index (χ0) is 23.2. The van der Waals surface area contributed by atoms with Gasteiger partial charge < -0.3 is 4.57 Å². The molecule has 3 heterocycles. The second-order valence-corrected chi connectivity index (χ2v) is 10.9. The lowest BCUT2D eigenvalue weighted by Crippen LogP contribution is -2.15. The first kappa shape index (κ1) is 23.0. The molecule has 0 saturated carbocycles. The predicted octanol–water partition coefficient (Wildman–Crippen LogP) is 2.10. The van der Waals surface area contributed by atoms with Crippen molar-refractivity contribution in [1.82, 2.24) is 29.5 Å². The monoisotopic (exact) mass is 477 g/mol. The van der Waals surface area contributed by atoms with Crippen molar-refractivity contribution in [3.05, 3.63) is 24.0 Å². The number of nitrogens with one attached hydrogen (secondary N) is 1. The summed E-state index contributed by atoms with van der Waals surface area (Å²) in [5, 5.41) is 6.74. The molecule has 0 saturated heterocycles. The molecule has 1 unspecified atom stereocenters. The van der Waals surface area contributed by atoms with E-state index < -0.39 is 31.6 Å². The highest BCUT2D eigenvalue weighted by molar-refractivity contribution is 7.91. The second-order valence-electron chi connectivity index (χ2n) is 6.47. The average molecular weight is 477 g/mol. The quantitative estimate of drug-likeness (QED) is 0.595. The van der Waals surface area contributed by atoms with Crippen LogP contribution in [0, 0.1) is 0 Å². The highest BCUT2D eigenvalue weighted by Crippen LogP contribution is 2.32. The maximum Gasteiger partial charge on any atom is 0.435 e. The average Bonchev–Trinajstić information content (AvgIpc) is 3.03. The molecule has 10 nitrogen and oxygen atoms in total. The maximum atomic E-state index is 13.0. The number of nitrogens with zero attached hydrogens (tertiary/aromatic N) is 6. The smallest absolute Gasteiger partial charge is 0.309 e. The third-order valence-electron chi connectivity index (χ3n) is 4.33. The molecule has 0 aliphatic heterocycles. The van der Waals surface area contributed by atoms with Crippen LogP contribution >= 0.6 is 0 Å². The number of fused-ring (bicyclic) bond motifs is 1. The fourth-order valence-corrected chi connectivity index (χ4v) is 4.27. The fraction of sp³-hybridized carbons (Fsp3) is 0.375. The summed E-state index contributed by atoms with van der Waals surface area (Å²) in [6, 6.07) is 1.93. The van der Waals surface area contributed by atoms with Gasteiger partial charge in [0.2, 0.25) is 0 Å². The summed E-state index contributed by atoms with van der Waals surface area (Å²) in [5.41, 5.74) is -1.37. The molecule has 0 aliphatic carbocycles. The van der Waals surface area contributed by atoms with Crippen LogP contribution in [0.3, 0.4) is 0 Å². The first-order valence-corrected chi connectivity index (χ1v) is 12.3. The minimum atomic E-state index is -4.71. The van der Waals surface area contributed by atoms with Gasteiger partial charge in [0.05, 0.1) is 22.5 Å². The number of aryl methyl sites for hydroxylation is 1. The lowest BCUT2D eigenvalue weighted by Gasteiger charge is -2.10. The Balaban J connectivity index is 2.29. The molecule has 0 aliphatic rings. The number of aromatic nitrogens is 5. The van der Waals surface area contributed by atoms with Crippen LogP contribution in [0.5, 0.6) is 0 Å². The van der Waals surface area contributed by atoms with Crippen LogP contribution in [0.1, 0.15) is 12.6 Å². The van der Waals surface area contributed by atoms with E-state index >= 15 is 0 Å². The Kier molecular flexibility index (Phi) is 5.79. The van der Waals surface area contributed by atoms with E-state index in [2.05, 4.69) is 29.3 Å². The van der Waals surface area contributed by atoms with Crippen LogP contribution in [-0.4, -0.2) is 56.4 Å². The number of pyridine rings is 1. The Labute approximate surface area is 176 Å². The molecule has 0 radical (unpaired) electrons. The molecule has 1 N–H and O–H groups in total. The van der Waals surface area contributed by atoms with Crippen LogP contribution in [0.2, 0.25) is 0 Å². The zero-order valence-electron chi connectivity index (χ0n) is 16.8. The minimum Gasteiger partial charge on any atom is -0.309 e. The van der Waals surface area contributed by atoms with E-state index in [0.29, 0.717) is 0 Å². The van der Waals surface area contributed by atoms with Crippen LogP contribution in [0.25, 0.3) is 22.7 Å². The lowest BCUT2D eigenvalue weighted by atomic mass is 10.3. The highest BCUT2D eigenvalue weighted by Gasteiger charge is 2.34. The summed E-state index contributed by atoms with van der Waals surface area (Å²) in [6.45, 7) is 1.43. The van der Waals surface area contributed by atoms with Crippen LogP contribution in [0.4, 0.5) is 18.9 Å². The molecule has 168 valence electrons. The molecule has 0 amide bonds. The van der Waals surface area contributed by atoms with Gasteiger partial charge in [0.1, 0.15) is 21.1 Å². The van der Waals surface area contributed by atoms with Crippen molar-refractivity contribution in [2.24, 2.45) is 11.4 Å². The summed E-state index contributed by atoms with van der Waals surface area (Å²) >= 11 is 0. The molecule has 0 fully saturated rings. The van der Waals surface area contributed by atoms with E-state index in [0.717, 1.165) is 6.07 Å². The molecule has 3 aromatic heterocycles. The van der Waals surface area contributed by atoms with E-state index in [9.17, 15) is 25.8 Å². The van der Waals surface area contributed by atoms with Crippen molar-refractivity contribution in [2.45, 2.75) is 18.0 Å². The van der Waals surface area contributed by atoms with Gasteiger partial charge in [-0.3, -0.25) is 0 Å². The molecule has 31 heavy (non-hydrogen) atoms. The Morgan fingerprint density at radius 1 is 1.19 bits per heavy atom. The molecule has 1 atom stereocenters. The van der Waals surface area contributed by atoms with Gasteiger partial charge in [0.15, 0.2) is 27.0 Å². The Morgan fingerprint density at radius 2 is 1.87 bits per heavy atom. The minimum absolute atomic E-state index is 0.0187. The third-order valence-corrected chi connectivity index (χ3v) is 7.39. The van der Waals surface area contributed by atoms with Gasteiger partial charge in [-0.05, 0) is 13.1 Å². The van der Waals surface area contributed by atoms with Gasteiger partial charge in [0.25, 0.3) is 0 Å². The summed E-state index contributed by atoms with van der Waals surface area (Å²) in [7, 11) is -3.78. The second kappa shape index (κ2) is 7.80. The van der Waals surface area contributed by atoms with Crippen LogP contribution < -0.4 is 4.72 Å². The number of hydrogen-bond acceptors (Lipinski definition) is 8. The van der Waals surface area contributed by atoms with Crippen molar-refractivity contribution < 1.29 is 25.8 Å². The van der Waals surface area contributed by atoms with Gasteiger partial charge in [-0.1, -0.05) is 6.92 Å². The third kappa shape index (κ3) is 4.52. The number of alkyl halides is 3. The fourth-order valence-electron chi connectivity index (χ4n) is 2.63. The van der Waals surface area contributed by atoms with E-state index in [1.807, 2.05) is 0 Å². The molecular weight excluding hydrogens is 459 g/mol. The van der Waals surface area contributed by atoms with E-state index in [1.54, 1.807) is 0 Å². The van der Waals surface area contributed by atoms with Gasteiger partial charge in [0, 0.05) is 19.4 Å². The number of sulfone groups is 1. The van der Waals surface area contributed by atoms with Gasteiger partial charge in [-0.2, -0.15) is 17.5 Å². The summed E-state index contributed by atoms with van der Waals surface area (Å²) < 4.78 is 84.3. The summed E-state index contributed by atoms with van der Waals surface area (Å²) in [6.07, 6.45) is -2.18. The Bertz CT molecular complexity index is 1390. The van der Waals surface area contributed by atoms with Gasteiger partial charge >= 0.3 is 6.18 Å².